The summed E-state index contributed by atoms with van der Waals surface area (Å²) in [4.78, 5) is 2.19. The van der Waals surface area contributed by atoms with Crippen molar-refractivity contribution in [1.29, 1.82) is 0 Å². The highest BCUT2D eigenvalue weighted by Gasteiger charge is 2.06. The number of halogens is 1. The second-order valence-corrected chi connectivity index (χ2v) is 4.90. The van der Waals surface area contributed by atoms with E-state index < -0.39 is 0 Å². The first-order chi connectivity index (χ1) is 8.67. The van der Waals surface area contributed by atoms with Gasteiger partial charge in [-0.3, -0.25) is 0 Å². The molecule has 1 rings (SSSR count). The van der Waals surface area contributed by atoms with E-state index in [9.17, 15) is 4.39 Å². The second kappa shape index (κ2) is 8.22. The van der Waals surface area contributed by atoms with Gasteiger partial charge in [-0.05, 0) is 38.7 Å². The van der Waals surface area contributed by atoms with E-state index in [1.54, 1.807) is 6.07 Å². The molecule has 102 valence electrons. The first-order valence-corrected chi connectivity index (χ1v) is 6.77. The highest BCUT2D eigenvalue weighted by molar-refractivity contribution is 5.25. The molecular formula is C15H25FN2. The number of hydrogen-bond donors (Lipinski definition) is 1. The Kier molecular flexibility index (Phi) is 6.91. The zero-order chi connectivity index (χ0) is 13.4. The Morgan fingerprint density at radius 1 is 1.28 bits per heavy atom. The zero-order valence-corrected chi connectivity index (χ0v) is 11.8. The molecule has 0 atom stereocenters. The average Bonchev–Trinajstić information content (AvgIpc) is 2.34. The molecule has 0 saturated heterocycles. The van der Waals surface area contributed by atoms with Gasteiger partial charge in [-0.2, -0.15) is 0 Å². The van der Waals surface area contributed by atoms with Crippen molar-refractivity contribution in [2.45, 2.75) is 39.3 Å². The molecule has 1 aromatic carbocycles. The van der Waals surface area contributed by atoms with Crippen LogP contribution in [0.4, 0.5) is 4.39 Å². The molecule has 0 aliphatic carbocycles. The average molecular weight is 252 g/mol. The Labute approximate surface area is 110 Å². The normalized spacial score (nSPS) is 11.2. The molecule has 0 radical (unpaired) electrons. The molecule has 0 bridgehead atoms. The molecule has 0 amide bonds. The van der Waals surface area contributed by atoms with E-state index in [0.29, 0.717) is 6.54 Å². The lowest BCUT2D eigenvalue weighted by Gasteiger charge is -2.17. The van der Waals surface area contributed by atoms with E-state index in [1.807, 2.05) is 19.2 Å². The van der Waals surface area contributed by atoms with Gasteiger partial charge >= 0.3 is 0 Å². The number of nitrogens with one attached hydrogen (secondary N) is 1. The van der Waals surface area contributed by atoms with Gasteiger partial charge in [0.1, 0.15) is 5.82 Å². The van der Waals surface area contributed by atoms with Crippen LogP contribution in [0.5, 0.6) is 0 Å². The highest BCUT2D eigenvalue weighted by atomic mass is 19.1. The van der Waals surface area contributed by atoms with Gasteiger partial charge in [0.2, 0.25) is 0 Å². The van der Waals surface area contributed by atoms with Gasteiger partial charge < -0.3 is 10.2 Å². The Bertz CT molecular complexity index is 352. The second-order valence-electron chi connectivity index (χ2n) is 4.90. The summed E-state index contributed by atoms with van der Waals surface area (Å²) >= 11 is 0. The summed E-state index contributed by atoms with van der Waals surface area (Å²) in [5, 5.41) is 3.09. The Hall–Kier alpha value is -0.930. The molecule has 18 heavy (non-hydrogen) atoms. The van der Waals surface area contributed by atoms with Gasteiger partial charge in [0, 0.05) is 18.7 Å². The van der Waals surface area contributed by atoms with Crippen molar-refractivity contribution in [1.82, 2.24) is 10.2 Å². The van der Waals surface area contributed by atoms with Crippen LogP contribution in [0.2, 0.25) is 0 Å². The summed E-state index contributed by atoms with van der Waals surface area (Å²) in [5.41, 5.74) is 1.93. The summed E-state index contributed by atoms with van der Waals surface area (Å²) in [6.07, 6.45) is 3.65. The third-order valence-electron chi connectivity index (χ3n) is 3.07. The van der Waals surface area contributed by atoms with Crippen molar-refractivity contribution in [2.75, 3.05) is 20.6 Å². The van der Waals surface area contributed by atoms with Crippen molar-refractivity contribution in [3.05, 3.63) is 35.1 Å². The van der Waals surface area contributed by atoms with Crippen molar-refractivity contribution in [2.24, 2.45) is 0 Å². The molecule has 0 aromatic heterocycles. The summed E-state index contributed by atoms with van der Waals surface area (Å²) < 4.78 is 13.7. The SMILES string of the molecule is CCCCCN(C)Cc1cc(CNC)ccc1F. The summed E-state index contributed by atoms with van der Waals surface area (Å²) in [5.74, 6) is -0.0998. The minimum Gasteiger partial charge on any atom is -0.316 e. The predicted octanol–water partition coefficient (Wildman–Crippen LogP) is 3.17. The van der Waals surface area contributed by atoms with Crippen LogP contribution >= 0.6 is 0 Å². The summed E-state index contributed by atoms with van der Waals surface area (Å²) in [6.45, 7) is 4.70. The van der Waals surface area contributed by atoms with E-state index >= 15 is 0 Å². The van der Waals surface area contributed by atoms with E-state index in [-0.39, 0.29) is 5.82 Å². The van der Waals surface area contributed by atoms with E-state index in [0.717, 1.165) is 24.2 Å². The standard InChI is InChI=1S/C15H25FN2/c1-4-5-6-9-18(3)12-14-10-13(11-17-2)7-8-15(14)16/h7-8,10,17H,4-6,9,11-12H2,1-3H3. The van der Waals surface area contributed by atoms with Gasteiger partial charge in [0.15, 0.2) is 0 Å². The van der Waals surface area contributed by atoms with Crippen LogP contribution in [0.3, 0.4) is 0 Å². The van der Waals surface area contributed by atoms with Crippen LogP contribution in [-0.2, 0) is 13.1 Å². The Morgan fingerprint density at radius 2 is 2.06 bits per heavy atom. The van der Waals surface area contributed by atoms with Gasteiger partial charge in [0.25, 0.3) is 0 Å². The fourth-order valence-corrected chi connectivity index (χ4v) is 2.06. The number of rotatable bonds is 8. The predicted molar refractivity (Wildman–Crippen MR) is 75.0 cm³/mol. The molecule has 0 aliphatic rings. The molecule has 1 aromatic rings. The summed E-state index contributed by atoms with van der Waals surface area (Å²) in [7, 11) is 3.96. The fourth-order valence-electron chi connectivity index (χ4n) is 2.06. The third kappa shape index (κ3) is 5.15. The molecule has 0 aliphatic heterocycles. The molecule has 0 heterocycles. The maximum absolute atomic E-state index is 13.7. The van der Waals surface area contributed by atoms with Crippen LogP contribution in [0.25, 0.3) is 0 Å². The molecule has 1 N–H and O–H groups in total. The maximum Gasteiger partial charge on any atom is 0.127 e. The van der Waals surface area contributed by atoms with E-state index in [4.69, 9.17) is 0 Å². The highest BCUT2D eigenvalue weighted by Crippen LogP contribution is 2.13. The number of hydrogen-bond acceptors (Lipinski definition) is 2. The largest absolute Gasteiger partial charge is 0.316 e. The maximum atomic E-state index is 13.7. The quantitative estimate of drug-likeness (QED) is 0.715. The molecular weight excluding hydrogens is 227 g/mol. The molecule has 2 nitrogen and oxygen atoms in total. The first-order valence-electron chi connectivity index (χ1n) is 6.77. The molecule has 0 saturated carbocycles. The number of nitrogens with zero attached hydrogens (tertiary/aromatic N) is 1. The Balaban J connectivity index is 2.56. The lowest BCUT2D eigenvalue weighted by molar-refractivity contribution is 0.313. The Morgan fingerprint density at radius 3 is 2.72 bits per heavy atom. The van der Waals surface area contributed by atoms with Gasteiger partial charge in [-0.25, -0.2) is 4.39 Å². The molecule has 0 fully saturated rings. The van der Waals surface area contributed by atoms with Crippen molar-refractivity contribution < 1.29 is 4.39 Å². The van der Waals surface area contributed by atoms with E-state index in [1.165, 1.54) is 19.3 Å². The number of unbranched alkanes of at least 4 members (excludes halogenated alkanes) is 2. The molecule has 0 unspecified atom stereocenters. The monoisotopic (exact) mass is 252 g/mol. The van der Waals surface area contributed by atoms with Crippen LogP contribution < -0.4 is 5.32 Å². The fraction of sp³-hybridized carbons (Fsp3) is 0.600. The van der Waals surface area contributed by atoms with Gasteiger partial charge in [-0.1, -0.05) is 31.9 Å². The zero-order valence-electron chi connectivity index (χ0n) is 11.8. The lowest BCUT2D eigenvalue weighted by atomic mass is 10.1. The van der Waals surface area contributed by atoms with Crippen molar-refractivity contribution in [3.63, 3.8) is 0 Å². The molecule has 3 heteroatoms. The first kappa shape index (κ1) is 15.1. The molecule has 0 spiro atoms. The number of benzene rings is 1. The van der Waals surface area contributed by atoms with Crippen LogP contribution in [-0.4, -0.2) is 25.5 Å². The summed E-state index contributed by atoms with van der Waals surface area (Å²) in [6, 6.07) is 5.37. The topological polar surface area (TPSA) is 15.3 Å². The minimum atomic E-state index is -0.0998. The van der Waals surface area contributed by atoms with Crippen LogP contribution in [0.1, 0.15) is 37.3 Å². The van der Waals surface area contributed by atoms with Crippen molar-refractivity contribution >= 4 is 0 Å². The van der Waals surface area contributed by atoms with Gasteiger partial charge in [-0.15, -0.1) is 0 Å². The van der Waals surface area contributed by atoms with Crippen LogP contribution in [0.15, 0.2) is 18.2 Å². The van der Waals surface area contributed by atoms with Gasteiger partial charge in [0.05, 0.1) is 0 Å². The minimum absolute atomic E-state index is 0.0998. The van der Waals surface area contributed by atoms with Crippen molar-refractivity contribution in [3.8, 4) is 0 Å². The lowest BCUT2D eigenvalue weighted by Crippen LogP contribution is -2.20. The smallest absolute Gasteiger partial charge is 0.127 e. The van der Waals surface area contributed by atoms with E-state index in [2.05, 4.69) is 24.2 Å². The third-order valence-corrected chi connectivity index (χ3v) is 3.07. The van der Waals surface area contributed by atoms with Crippen LogP contribution in [0, 0.1) is 5.82 Å².